The van der Waals surface area contributed by atoms with Crippen LogP contribution in [0.1, 0.15) is 22.9 Å². The molecule has 2 aromatic rings. The van der Waals surface area contributed by atoms with Gasteiger partial charge in [-0.1, -0.05) is 12.1 Å². The molecular weight excluding hydrogens is 514 g/mol. The van der Waals surface area contributed by atoms with E-state index in [-0.39, 0.29) is 28.0 Å². The van der Waals surface area contributed by atoms with Crippen molar-refractivity contribution in [2.24, 2.45) is 0 Å². The minimum absolute atomic E-state index is 0. The van der Waals surface area contributed by atoms with Crippen molar-refractivity contribution in [3.63, 3.8) is 0 Å². The molecule has 1 N–H and O–H groups in total. The van der Waals surface area contributed by atoms with Crippen LogP contribution in [0.25, 0.3) is 10.9 Å². The van der Waals surface area contributed by atoms with Crippen molar-refractivity contribution in [3.05, 3.63) is 104 Å². The standard InChI is InChI=1S/C20H17F6N2O.C5H5.Fe/c1-28(2)10-11-5-3-6-12(11)18(29)14-9-16(20(24,25)26)27-17-13(14)7-4-8-15(17)19(21,22)23;1-2-4-5-3-1;/h3-9,18,29H,10H2,1-2H3;1-5H;/q;;+2/t18-;;/m0../s1. The maximum atomic E-state index is 13.4. The quantitative estimate of drug-likeness (QED) is 0.405. The number of aliphatic hydroxyl groups excluding tert-OH is 1. The van der Waals surface area contributed by atoms with Crippen LogP contribution >= 0.6 is 0 Å². The molecule has 10 heteroatoms. The van der Waals surface area contributed by atoms with E-state index in [0.29, 0.717) is 30.5 Å². The average molecular weight is 536 g/mol. The summed E-state index contributed by atoms with van der Waals surface area (Å²) in [5.41, 5.74) is -3.90. The van der Waals surface area contributed by atoms with Crippen LogP contribution in [0, 0.1) is 63.2 Å². The molecule has 0 bridgehead atoms. The van der Waals surface area contributed by atoms with Gasteiger partial charge in [0, 0.05) is 23.8 Å². The Kier molecular flexibility index (Phi) is 10.5. The fraction of sp³-hybridized carbons (Fsp3) is 0.240. The molecule has 2 saturated carbocycles. The summed E-state index contributed by atoms with van der Waals surface area (Å²) >= 11 is 0. The molecule has 0 amide bonds. The van der Waals surface area contributed by atoms with E-state index in [9.17, 15) is 31.4 Å². The summed E-state index contributed by atoms with van der Waals surface area (Å²) in [4.78, 5) is 5.05. The number of halogens is 6. The van der Waals surface area contributed by atoms with Gasteiger partial charge in [0.05, 0.1) is 17.2 Å². The van der Waals surface area contributed by atoms with Crippen molar-refractivity contribution in [3.8, 4) is 0 Å². The number of hydrogen-bond acceptors (Lipinski definition) is 3. The van der Waals surface area contributed by atoms with Crippen molar-refractivity contribution in [2.45, 2.75) is 18.5 Å². The van der Waals surface area contributed by atoms with Gasteiger partial charge in [-0.25, -0.2) is 4.98 Å². The van der Waals surface area contributed by atoms with E-state index >= 15 is 0 Å². The van der Waals surface area contributed by atoms with Gasteiger partial charge in [0.25, 0.3) is 0 Å². The molecule has 2 fully saturated rings. The summed E-state index contributed by atoms with van der Waals surface area (Å²) in [5, 5.41) is 10.7. The van der Waals surface area contributed by atoms with Crippen LogP contribution in [0.2, 0.25) is 0 Å². The van der Waals surface area contributed by atoms with Gasteiger partial charge in [0.15, 0.2) is 0 Å². The van der Waals surface area contributed by atoms with Crippen LogP contribution in [0.3, 0.4) is 0 Å². The molecule has 0 spiro atoms. The minimum Gasteiger partial charge on any atom is -0.388 e. The smallest absolute Gasteiger partial charge is 0.388 e. The van der Waals surface area contributed by atoms with E-state index < -0.39 is 35.2 Å². The number of nitrogens with zero attached hydrogens (tertiary/aromatic N) is 2. The van der Waals surface area contributed by atoms with E-state index in [2.05, 4.69) is 4.98 Å². The second kappa shape index (κ2) is 12.3. The Bertz CT molecular complexity index is 952. The molecule has 0 unspecified atom stereocenters. The normalized spacial score (nSPS) is 18.5. The van der Waals surface area contributed by atoms with E-state index in [4.69, 9.17) is 0 Å². The Balaban J connectivity index is 0.000000640. The van der Waals surface area contributed by atoms with Crippen molar-refractivity contribution in [1.82, 2.24) is 9.88 Å². The third-order valence-electron chi connectivity index (χ3n) is 5.04. The van der Waals surface area contributed by atoms with Crippen molar-refractivity contribution in [1.29, 1.82) is 0 Å². The van der Waals surface area contributed by atoms with Crippen molar-refractivity contribution in [2.75, 3.05) is 20.6 Å². The third-order valence-corrected chi connectivity index (χ3v) is 5.04. The topological polar surface area (TPSA) is 36.4 Å². The maximum Gasteiger partial charge on any atom is 2.00 e. The summed E-state index contributed by atoms with van der Waals surface area (Å²) in [5.74, 6) is 0.990. The minimum atomic E-state index is -4.97. The molecule has 2 aliphatic rings. The molecule has 1 heterocycles. The Morgan fingerprint density at radius 1 is 0.886 bits per heavy atom. The van der Waals surface area contributed by atoms with Crippen LogP contribution in [0.4, 0.5) is 26.3 Å². The zero-order chi connectivity index (χ0) is 25.1. The van der Waals surface area contributed by atoms with Crippen LogP contribution in [0.5, 0.6) is 0 Å². The molecule has 3 nitrogen and oxygen atoms in total. The Labute approximate surface area is 212 Å². The SMILES string of the molecule is CN(C)C[C]1[CH][CH][CH][C]1[C@H](O)c1cc(C(F)(F)F)nc2c(C(F)(F)F)cccc12.[CH]1[CH][CH][CH][CH]1.[Fe+2]. The van der Waals surface area contributed by atoms with Gasteiger partial charge in [0.1, 0.15) is 5.69 Å². The third kappa shape index (κ3) is 7.57. The molecule has 2 aliphatic carbocycles. The average Bonchev–Trinajstić information content (AvgIpc) is 3.45. The summed E-state index contributed by atoms with van der Waals surface area (Å²) in [6, 6.07) is 3.60. The number of rotatable bonds is 4. The number of hydrogen-bond donors (Lipinski definition) is 1. The van der Waals surface area contributed by atoms with Crippen molar-refractivity contribution >= 4 is 10.9 Å². The number of benzene rings is 1. The van der Waals surface area contributed by atoms with Crippen LogP contribution in [-0.2, 0) is 29.4 Å². The van der Waals surface area contributed by atoms with Gasteiger partial charge in [-0.3, -0.25) is 0 Å². The zero-order valence-corrected chi connectivity index (χ0v) is 19.8. The molecule has 0 saturated heterocycles. The maximum absolute atomic E-state index is 13.4. The molecule has 1 atom stereocenters. The first-order chi connectivity index (χ1) is 15.9. The first-order valence-electron chi connectivity index (χ1n) is 10.2. The molecule has 186 valence electrons. The largest absolute Gasteiger partial charge is 2.00 e. The number of pyridine rings is 1. The molecular formula is C25H22F6FeN2O+2. The van der Waals surface area contributed by atoms with Gasteiger partial charge in [-0.2, -0.15) is 26.3 Å². The first kappa shape index (κ1) is 29.9. The summed E-state index contributed by atoms with van der Waals surface area (Å²) in [6.07, 6.45) is 3.46. The van der Waals surface area contributed by atoms with Crippen LogP contribution < -0.4 is 0 Å². The Hall–Kier alpha value is -1.35. The number of aromatic nitrogens is 1. The molecule has 4 rings (SSSR count). The van der Waals surface area contributed by atoms with E-state index in [1.54, 1.807) is 31.8 Å². The predicted molar refractivity (Wildman–Crippen MR) is 116 cm³/mol. The zero-order valence-electron chi connectivity index (χ0n) is 18.7. The van der Waals surface area contributed by atoms with Gasteiger partial charge < -0.3 is 10.0 Å². The van der Waals surface area contributed by atoms with E-state index in [0.717, 1.165) is 6.07 Å². The number of para-hydroxylation sites is 1. The molecule has 1 aromatic heterocycles. The monoisotopic (exact) mass is 536 g/mol. The second-order valence-corrected chi connectivity index (χ2v) is 7.90. The fourth-order valence-electron chi connectivity index (χ4n) is 3.59. The second-order valence-electron chi connectivity index (χ2n) is 7.90. The van der Waals surface area contributed by atoms with Gasteiger partial charge in [-0.15, -0.1) is 0 Å². The number of aliphatic hydroxyl groups is 1. The van der Waals surface area contributed by atoms with E-state index in [1.807, 2.05) is 32.1 Å². The Morgan fingerprint density at radius 2 is 1.49 bits per heavy atom. The molecule has 10 radical (unpaired) electrons. The molecule has 1 aromatic carbocycles. The van der Waals surface area contributed by atoms with Gasteiger partial charge >= 0.3 is 29.4 Å². The number of fused-ring (bicyclic) bond motifs is 1. The first-order valence-corrected chi connectivity index (χ1v) is 10.2. The van der Waals surface area contributed by atoms with Gasteiger partial charge in [-0.05, 0) is 83.2 Å². The van der Waals surface area contributed by atoms with Crippen molar-refractivity contribution < 1.29 is 48.5 Å². The summed E-state index contributed by atoms with van der Waals surface area (Å²) in [7, 11) is 3.56. The van der Waals surface area contributed by atoms with Crippen LogP contribution in [-0.4, -0.2) is 35.6 Å². The summed E-state index contributed by atoms with van der Waals surface area (Å²) < 4.78 is 80.2. The molecule has 0 aliphatic heterocycles. The van der Waals surface area contributed by atoms with E-state index in [1.165, 1.54) is 12.5 Å². The fourth-order valence-corrected chi connectivity index (χ4v) is 3.59. The molecule has 35 heavy (non-hydrogen) atoms. The Morgan fingerprint density at radius 3 is 2.00 bits per heavy atom. The number of alkyl halides is 6. The van der Waals surface area contributed by atoms with Gasteiger partial charge in [0.2, 0.25) is 0 Å². The predicted octanol–water partition coefficient (Wildman–Crippen LogP) is 5.66. The van der Waals surface area contributed by atoms with Crippen LogP contribution in [0.15, 0.2) is 24.3 Å². The summed E-state index contributed by atoms with van der Waals surface area (Å²) in [6.45, 7) is 0.405.